The number of ether oxygens (including phenoxy) is 3. The van der Waals surface area contributed by atoms with Crippen LogP contribution in [0.1, 0.15) is 36.8 Å². The second kappa shape index (κ2) is 11.5. The first-order valence-electron chi connectivity index (χ1n) is 12.9. The van der Waals surface area contributed by atoms with Crippen molar-refractivity contribution < 1.29 is 28.3 Å². The number of carbonyl (C=O) groups is 1. The Hall–Kier alpha value is -4.97. The number of rotatable bonds is 8. The molecule has 11 nitrogen and oxygen atoms in total. The van der Waals surface area contributed by atoms with Crippen molar-refractivity contribution in [1.82, 2.24) is 4.57 Å². The number of allylic oxidation sites excluding steroid dienone is 1. The zero-order valence-electron chi connectivity index (χ0n) is 23.5. The van der Waals surface area contributed by atoms with E-state index in [2.05, 4.69) is 4.99 Å². The van der Waals surface area contributed by atoms with Crippen LogP contribution in [0.3, 0.4) is 0 Å². The van der Waals surface area contributed by atoms with E-state index in [1.807, 2.05) is 0 Å². The Kier molecular flexibility index (Phi) is 7.81. The van der Waals surface area contributed by atoms with Crippen LogP contribution in [-0.2, 0) is 9.53 Å². The molecule has 0 fully saturated rings. The lowest BCUT2D eigenvalue weighted by molar-refractivity contribution is -0.384. The van der Waals surface area contributed by atoms with Gasteiger partial charge in [0.15, 0.2) is 4.80 Å². The van der Waals surface area contributed by atoms with E-state index in [-0.39, 0.29) is 23.4 Å². The molecule has 2 aromatic heterocycles. The normalized spacial score (nSPS) is 14.8. The van der Waals surface area contributed by atoms with Crippen molar-refractivity contribution >= 4 is 29.1 Å². The number of hydrogen-bond acceptors (Lipinski definition) is 10. The Labute approximate surface area is 243 Å². The molecule has 42 heavy (non-hydrogen) atoms. The quantitative estimate of drug-likeness (QED) is 0.169. The van der Waals surface area contributed by atoms with Crippen LogP contribution in [0.15, 0.2) is 74.0 Å². The number of fused-ring (bicyclic) bond motifs is 1. The van der Waals surface area contributed by atoms with Crippen molar-refractivity contribution in [3.63, 3.8) is 0 Å². The number of hydrogen-bond donors (Lipinski definition) is 0. The number of furan rings is 1. The first-order valence-corrected chi connectivity index (χ1v) is 13.7. The summed E-state index contributed by atoms with van der Waals surface area (Å²) in [6.45, 7) is 5.33. The zero-order chi connectivity index (χ0) is 30.1. The molecule has 0 amide bonds. The maximum Gasteiger partial charge on any atom is 0.338 e. The summed E-state index contributed by atoms with van der Waals surface area (Å²) in [7, 11) is 3.04. The van der Waals surface area contributed by atoms with Crippen molar-refractivity contribution in [3.8, 4) is 22.8 Å². The molecule has 12 heteroatoms. The Morgan fingerprint density at radius 2 is 1.93 bits per heavy atom. The molecule has 0 saturated heterocycles. The molecule has 5 rings (SSSR count). The molecule has 1 aliphatic rings. The number of non-ortho nitro benzene ring substituents is 1. The number of esters is 1. The maximum atomic E-state index is 13.9. The second-order valence-electron chi connectivity index (χ2n) is 9.37. The second-order valence-corrected chi connectivity index (χ2v) is 10.4. The van der Waals surface area contributed by atoms with Crippen LogP contribution >= 0.6 is 11.3 Å². The van der Waals surface area contributed by atoms with Gasteiger partial charge in [-0.25, -0.2) is 9.79 Å². The summed E-state index contributed by atoms with van der Waals surface area (Å²) in [6.07, 6.45) is 1.61. The zero-order valence-corrected chi connectivity index (χ0v) is 24.3. The maximum absolute atomic E-state index is 13.9. The Morgan fingerprint density at radius 3 is 2.60 bits per heavy atom. The third kappa shape index (κ3) is 5.12. The molecule has 0 radical (unpaired) electrons. The van der Waals surface area contributed by atoms with Crippen LogP contribution in [0, 0.1) is 17.0 Å². The third-order valence-corrected chi connectivity index (χ3v) is 7.82. The molecule has 3 heterocycles. The molecule has 0 spiro atoms. The van der Waals surface area contributed by atoms with E-state index in [4.69, 9.17) is 18.6 Å². The number of nitro benzene ring substituents is 1. The van der Waals surface area contributed by atoms with Gasteiger partial charge in [0.25, 0.3) is 11.2 Å². The van der Waals surface area contributed by atoms with Crippen LogP contribution in [0.5, 0.6) is 11.5 Å². The molecule has 0 N–H and O–H groups in total. The molecule has 216 valence electrons. The van der Waals surface area contributed by atoms with Crippen molar-refractivity contribution in [3.05, 3.63) is 106 Å². The van der Waals surface area contributed by atoms with Gasteiger partial charge < -0.3 is 18.6 Å². The van der Waals surface area contributed by atoms with Crippen molar-refractivity contribution in [2.75, 3.05) is 20.8 Å². The predicted molar refractivity (Wildman–Crippen MR) is 155 cm³/mol. The highest BCUT2D eigenvalue weighted by atomic mass is 32.1. The van der Waals surface area contributed by atoms with E-state index in [0.29, 0.717) is 54.7 Å². The van der Waals surface area contributed by atoms with Gasteiger partial charge in [0, 0.05) is 35.4 Å². The van der Waals surface area contributed by atoms with Gasteiger partial charge in [0.05, 0.1) is 41.6 Å². The molecule has 2 aromatic carbocycles. The van der Waals surface area contributed by atoms with E-state index < -0.39 is 16.9 Å². The van der Waals surface area contributed by atoms with Crippen molar-refractivity contribution in [1.29, 1.82) is 0 Å². The number of aryl methyl sites for hydroxylation is 1. The van der Waals surface area contributed by atoms with Crippen LogP contribution in [-0.4, -0.2) is 36.3 Å². The smallest absolute Gasteiger partial charge is 0.338 e. The van der Waals surface area contributed by atoms with Crippen LogP contribution in [0.2, 0.25) is 0 Å². The van der Waals surface area contributed by atoms with Crippen molar-refractivity contribution in [2.45, 2.75) is 26.8 Å². The number of benzene rings is 2. The minimum atomic E-state index is -0.863. The first-order chi connectivity index (χ1) is 20.2. The lowest BCUT2D eigenvalue weighted by Gasteiger charge is -2.26. The molecule has 0 unspecified atom stereocenters. The molecule has 1 aliphatic heterocycles. The van der Waals surface area contributed by atoms with Crippen LogP contribution in [0.4, 0.5) is 5.69 Å². The third-order valence-electron chi connectivity index (χ3n) is 6.84. The molecular formula is C30H27N3O8S. The Balaban J connectivity index is 1.64. The van der Waals surface area contributed by atoms with E-state index in [0.717, 1.165) is 11.3 Å². The average molecular weight is 590 g/mol. The summed E-state index contributed by atoms with van der Waals surface area (Å²) >= 11 is 1.16. The highest BCUT2D eigenvalue weighted by Crippen LogP contribution is 2.37. The summed E-state index contributed by atoms with van der Waals surface area (Å²) in [5.41, 5.74) is 2.22. The highest BCUT2D eigenvalue weighted by molar-refractivity contribution is 7.07. The predicted octanol–water partition coefficient (Wildman–Crippen LogP) is 4.29. The summed E-state index contributed by atoms with van der Waals surface area (Å²) in [5, 5.41) is 11.1. The van der Waals surface area contributed by atoms with E-state index in [9.17, 15) is 19.7 Å². The highest BCUT2D eigenvalue weighted by Gasteiger charge is 2.35. The first kappa shape index (κ1) is 28.6. The van der Waals surface area contributed by atoms with Crippen LogP contribution in [0.25, 0.3) is 17.4 Å². The molecule has 0 saturated carbocycles. The fraction of sp³-hybridized carbons (Fsp3) is 0.233. The van der Waals surface area contributed by atoms with Crippen LogP contribution < -0.4 is 24.4 Å². The van der Waals surface area contributed by atoms with E-state index in [1.54, 1.807) is 63.2 Å². The lowest BCUT2D eigenvalue weighted by Crippen LogP contribution is -2.40. The molecule has 0 bridgehead atoms. The molecular weight excluding hydrogens is 562 g/mol. The van der Waals surface area contributed by atoms with Gasteiger partial charge in [-0.05, 0) is 56.7 Å². The van der Waals surface area contributed by atoms with Gasteiger partial charge in [0.1, 0.15) is 29.1 Å². The summed E-state index contributed by atoms with van der Waals surface area (Å²) in [5.74, 6) is 1.32. The minimum absolute atomic E-state index is 0.00957. The summed E-state index contributed by atoms with van der Waals surface area (Å²) in [4.78, 5) is 42.8. The molecule has 4 aromatic rings. The van der Waals surface area contributed by atoms with Gasteiger partial charge in [-0.3, -0.25) is 19.5 Å². The average Bonchev–Trinajstić information content (AvgIpc) is 3.55. The topological polar surface area (TPSA) is 135 Å². The van der Waals surface area contributed by atoms with Gasteiger partial charge in [-0.2, -0.15) is 0 Å². The minimum Gasteiger partial charge on any atom is -0.497 e. The number of aromatic nitrogens is 1. The lowest BCUT2D eigenvalue weighted by atomic mass is 9.95. The van der Waals surface area contributed by atoms with Gasteiger partial charge >= 0.3 is 5.97 Å². The largest absolute Gasteiger partial charge is 0.497 e. The fourth-order valence-corrected chi connectivity index (χ4v) is 5.90. The van der Waals surface area contributed by atoms with E-state index in [1.165, 1.54) is 30.9 Å². The number of nitro groups is 1. The number of methoxy groups -OCH3 is 2. The number of nitrogens with zero attached hydrogens (tertiary/aromatic N) is 3. The van der Waals surface area contributed by atoms with Gasteiger partial charge in [0.2, 0.25) is 0 Å². The van der Waals surface area contributed by atoms with Gasteiger partial charge in [-0.15, -0.1) is 0 Å². The standard InChI is InChI=1S/C30H27N3O8S/c1-6-40-29(35)26-17(3)31-30-32(27(26)22-11-8-19(38-4)14-24(22)39-5)28(34)25(42-30)15-20-9-12-23(41-20)21-10-7-18(33(36)37)13-16(21)2/h7-15,27H,6H2,1-5H3/b25-15-/t27-/m1/s1. The number of thiazole rings is 1. The summed E-state index contributed by atoms with van der Waals surface area (Å²) < 4.78 is 24.2. The number of carbonyl (C=O) groups excluding carboxylic acids is 1. The fourth-order valence-electron chi connectivity index (χ4n) is 4.87. The molecule has 1 atom stereocenters. The van der Waals surface area contributed by atoms with E-state index >= 15 is 0 Å². The van der Waals surface area contributed by atoms with Gasteiger partial charge in [-0.1, -0.05) is 11.3 Å². The monoisotopic (exact) mass is 589 g/mol. The van der Waals surface area contributed by atoms with Crippen molar-refractivity contribution in [2.24, 2.45) is 4.99 Å². The Bertz CT molecular complexity index is 1930. The summed E-state index contributed by atoms with van der Waals surface area (Å²) in [6, 6.07) is 12.3. The SMILES string of the molecule is CCOC(=O)C1=C(C)N=c2s/c(=C\c3ccc(-c4ccc([N+](=O)[O-])cc4C)o3)c(=O)n2[C@@H]1c1ccc(OC)cc1OC. The Morgan fingerprint density at radius 1 is 1.14 bits per heavy atom. The molecule has 0 aliphatic carbocycles.